The molecule has 7 nitrogen and oxygen atoms in total. The first kappa shape index (κ1) is 20.2. The van der Waals surface area contributed by atoms with E-state index in [0.29, 0.717) is 22.9 Å². The number of hydrogen-bond donors (Lipinski definition) is 1. The molecule has 32 heavy (non-hydrogen) atoms. The van der Waals surface area contributed by atoms with Crippen LogP contribution in [0.1, 0.15) is 49.1 Å². The minimum atomic E-state index is -0.781. The maximum Gasteiger partial charge on any atom is 0.316 e. The van der Waals surface area contributed by atoms with E-state index in [2.05, 4.69) is 19.4 Å². The van der Waals surface area contributed by atoms with Crippen molar-refractivity contribution >= 4 is 34.3 Å². The molecule has 2 fully saturated rings. The van der Waals surface area contributed by atoms with E-state index in [-0.39, 0.29) is 0 Å². The van der Waals surface area contributed by atoms with Crippen LogP contribution in [0.2, 0.25) is 5.02 Å². The van der Waals surface area contributed by atoms with Crippen LogP contribution in [0.4, 0.5) is 11.6 Å². The highest BCUT2D eigenvalue weighted by Gasteiger charge is 2.55. The molecule has 3 heterocycles. The van der Waals surface area contributed by atoms with Crippen molar-refractivity contribution in [1.29, 1.82) is 0 Å². The molecule has 6 rings (SSSR count). The van der Waals surface area contributed by atoms with Crippen LogP contribution in [-0.4, -0.2) is 38.3 Å². The minimum Gasteiger partial charge on any atom is -0.467 e. The summed E-state index contributed by atoms with van der Waals surface area (Å²) in [6.45, 7) is 5.62. The molecule has 3 aliphatic rings. The van der Waals surface area contributed by atoms with Crippen LogP contribution >= 0.6 is 11.6 Å². The molecule has 3 aromatic rings. The summed E-state index contributed by atoms with van der Waals surface area (Å²) in [4.78, 5) is 16.3. The number of anilines is 2. The maximum absolute atomic E-state index is 12.0. The number of aryl methyl sites for hydroxylation is 3. The number of halogens is 1. The molecule has 0 amide bonds. The molecule has 0 bridgehead atoms. The molecular formula is C24H28ClN5O2. The average Bonchev–Trinajstić information content (AvgIpc) is 3.69. The number of fused-ring (bicyclic) bond motifs is 3. The summed E-state index contributed by atoms with van der Waals surface area (Å²) in [6.07, 6.45) is 5.32. The lowest BCUT2D eigenvalue weighted by molar-refractivity contribution is -0.00907. The molecule has 1 aromatic carbocycles. The Morgan fingerprint density at radius 3 is 2.28 bits per heavy atom. The number of imidazole rings is 1. The summed E-state index contributed by atoms with van der Waals surface area (Å²) < 4.78 is 7.50. The van der Waals surface area contributed by atoms with Gasteiger partial charge in [-0.2, -0.15) is 9.97 Å². The van der Waals surface area contributed by atoms with E-state index in [4.69, 9.17) is 21.3 Å². The van der Waals surface area contributed by atoms with Crippen molar-refractivity contribution in [3.8, 4) is 6.01 Å². The Hall–Kier alpha value is -2.38. The Labute approximate surface area is 192 Å². The summed E-state index contributed by atoms with van der Waals surface area (Å²) >= 11 is 6.67. The largest absolute Gasteiger partial charge is 0.467 e. The van der Waals surface area contributed by atoms with Gasteiger partial charge in [0.15, 0.2) is 0 Å². The summed E-state index contributed by atoms with van der Waals surface area (Å²) in [6, 6.07) is 4.33. The van der Waals surface area contributed by atoms with Crippen LogP contribution in [-0.2, 0) is 12.1 Å². The van der Waals surface area contributed by atoms with E-state index >= 15 is 0 Å². The van der Waals surface area contributed by atoms with Gasteiger partial charge in [-0.05, 0) is 63.9 Å². The Morgan fingerprint density at radius 2 is 1.69 bits per heavy atom. The molecule has 2 saturated carbocycles. The van der Waals surface area contributed by atoms with Gasteiger partial charge in [0, 0.05) is 18.7 Å². The van der Waals surface area contributed by atoms with Crippen molar-refractivity contribution in [2.24, 2.45) is 11.8 Å². The number of ether oxygens (including phenoxy) is 1. The Morgan fingerprint density at radius 1 is 1.03 bits per heavy atom. The Balaban J connectivity index is 1.56. The molecule has 0 radical (unpaired) electrons. The SMILES string of the molecule is COc1nc(C)c(N2CCCn3c2nc2c(Cl)ccc(C(O)(C4CC4)C4CC4)c23)c(C)n1. The van der Waals surface area contributed by atoms with Gasteiger partial charge >= 0.3 is 6.01 Å². The van der Waals surface area contributed by atoms with Crippen LogP contribution in [0.25, 0.3) is 11.0 Å². The smallest absolute Gasteiger partial charge is 0.316 e. The highest BCUT2D eigenvalue weighted by Crippen LogP contribution is 2.59. The van der Waals surface area contributed by atoms with E-state index in [9.17, 15) is 5.11 Å². The van der Waals surface area contributed by atoms with E-state index in [1.54, 1.807) is 7.11 Å². The number of nitrogens with zero attached hydrogens (tertiary/aromatic N) is 5. The first-order chi connectivity index (χ1) is 15.4. The molecular weight excluding hydrogens is 426 g/mol. The number of methoxy groups -OCH3 is 1. The Kier molecular flexibility index (Phi) is 4.46. The Bertz CT molecular complexity index is 1200. The fourth-order valence-electron chi connectivity index (χ4n) is 5.62. The predicted molar refractivity (Wildman–Crippen MR) is 124 cm³/mol. The zero-order valence-electron chi connectivity index (χ0n) is 18.7. The summed E-state index contributed by atoms with van der Waals surface area (Å²) in [7, 11) is 1.58. The van der Waals surface area contributed by atoms with Crippen molar-refractivity contribution in [3.05, 3.63) is 34.1 Å². The lowest BCUT2D eigenvalue weighted by Gasteiger charge is -2.33. The molecule has 0 spiro atoms. The molecule has 2 aromatic heterocycles. The third kappa shape index (κ3) is 2.87. The lowest BCUT2D eigenvalue weighted by Crippen LogP contribution is -2.33. The van der Waals surface area contributed by atoms with Gasteiger partial charge in [-0.25, -0.2) is 4.98 Å². The van der Waals surface area contributed by atoms with Gasteiger partial charge in [-0.3, -0.25) is 0 Å². The quantitative estimate of drug-likeness (QED) is 0.605. The zero-order valence-corrected chi connectivity index (χ0v) is 19.5. The molecule has 168 valence electrons. The highest BCUT2D eigenvalue weighted by atomic mass is 35.5. The van der Waals surface area contributed by atoms with Gasteiger partial charge < -0.3 is 19.3 Å². The second-order valence-corrected chi connectivity index (χ2v) is 9.87. The van der Waals surface area contributed by atoms with E-state index in [1.165, 1.54) is 0 Å². The summed E-state index contributed by atoms with van der Waals surface area (Å²) in [5.74, 6) is 1.52. The predicted octanol–water partition coefficient (Wildman–Crippen LogP) is 4.65. The topological polar surface area (TPSA) is 76.3 Å². The highest BCUT2D eigenvalue weighted by molar-refractivity contribution is 6.35. The van der Waals surface area contributed by atoms with Crippen molar-refractivity contribution in [2.75, 3.05) is 18.6 Å². The number of benzene rings is 1. The number of aliphatic hydroxyl groups is 1. The second-order valence-electron chi connectivity index (χ2n) is 9.46. The fraction of sp³-hybridized carbons (Fsp3) is 0.542. The van der Waals surface area contributed by atoms with E-state index in [1.807, 2.05) is 26.0 Å². The van der Waals surface area contributed by atoms with Crippen molar-refractivity contribution in [2.45, 2.75) is 58.1 Å². The zero-order chi connectivity index (χ0) is 22.2. The standard InChI is InChI=1S/C24H28ClN5O2/c1-13-20(14(2)27-22(26-13)32-3)29-11-4-12-30-21-17(9-10-18(25)19(21)28-23(29)30)24(31,15-5-6-15)16-7-8-16/h9-10,15-16,31H,4-8,11-12H2,1-3H3. The summed E-state index contributed by atoms with van der Waals surface area (Å²) in [5.41, 5.74) is 4.65. The molecule has 0 atom stereocenters. The molecule has 0 unspecified atom stereocenters. The second kappa shape index (κ2) is 7.06. The molecule has 1 aliphatic heterocycles. The average molecular weight is 454 g/mol. The van der Waals surface area contributed by atoms with Crippen LogP contribution in [0.5, 0.6) is 6.01 Å². The van der Waals surface area contributed by atoms with Crippen LogP contribution in [0, 0.1) is 25.7 Å². The van der Waals surface area contributed by atoms with Crippen molar-refractivity contribution in [1.82, 2.24) is 19.5 Å². The summed E-state index contributed by atoms with van der Waals surface area (Å²) in [5, 5.41) is 12.6. The number of rotatable bonds is 5. The van der Waals surface area contributed by atoms with Gasteiger partial charge in [0.05, 0.1) is 40.3 Å². The van der Waals surface area contributed by atoms with Gasteiger partial charge in [0.25, 0.3) is 0 Å². The molecule has 1 N–H and O–H groups in total. The number of hydrogen-bond acceptors (Lipinski definition) is 6. The van der Waals surface area contributed by atoms with Gasteiger partial charge in [0.1, 0.15) is 5.52 Å². The molecule has 2 aliphatic carbocycles. The van der Waals surface area contributed by atoms with Crippen molar-refractivity contribution < 1.29 is 9.84 Å². The van der Waals surface area contributed by atoms with Gasteiger partial charge in [-0.1, -0.05) is 17.7 Å². The fourth-order valence-corrected chi connectivity index (χ4v) is 5.81. The maximum atomic E-state index is 12.0. The first-order valence-electron chi connectivity index (χ1n) is 11.5. The minimum absolute atomic E-state index is 0.338. The van der Waals surface area contributed by atoms with E-state index < -0.39 is 5.60 Å². The first-order valence-corrected chi connectivity index (χ1v) is 11.9. The lowest BCUT2D eigenvalue weighted by atomic mass is 9.83. The van der Waals surface area contributed by atoms with Crippen molar-refractivity contribution in [3.63, 3.8) is 0 Å². The van der Waals surface area contributed by atoms with Crippen LogP contribution in [0.15, 0.2) is 12.1 Å². The van der Waals surface area contributed by atoms with E-state index in [0.717, 1.165) is 84.8 Å². The number of aromatic nitrogens is 4. The third-order valence-corrected chi connectivity index (χ3v) is 7.63. The monoisotopic (exact) mass is 453 g/mol. The molecule has 8 heteroatoms. The third-order valence-electron chi connectivity index (χ3n) is 7.33. The van der Waals surface area contributed by atoms with Crippen LogP contribution in [0.3, 0.4) is 0 Å². The normalized spacial score (nSPS) is 18.8. The van der Waals surface area contributed by atoms with Gasteiger partial charge in [0.2, 0.25) is 5.95 Å². The van der Waals surface area contributed by atoms with Crippen LogP contribution < -0.4 is 9.64 Å². The van der Waals surface area contributed by atoms with Gasteiger partial charge in [-0.15, -0.1) is 0 Å². The molecule has 0 saturated heterocycles.